The monoisotopic (exact) mass is 286 g/mol. The van der Waals surface area contributed by atoms with Crippen molar-refractivity contribution in [1.29, 1.82) is 0 Å². The number of aromatic nitrogens is 2. The lowest BCUT2D eigenvalue weighted by Gasteiger charge is -2.41. The highest BCUT2D eigenvalue weighted by Crippen LogP contribution is 2.26. The van der Waals surface area contributed by atoms with Gasteiger partial charge in [0.2, 0.25) is 0 Å². The number of nitrogens with zero attached hydrogens (tertiary/aromatic N) is 3. The summed E-state index contributed by atoms with van der Waals surface area (Å²) in [7, 11) is 0. The van der Waals surface area contributed by atoms with Gasteiger partial charge in [-0.1, -0.05) is 6.07 Å². The van der Waals surface area contributed by atoms with Gasteiger partial charge in [-0.3, -0.25) is 4.90 Å². The quantitative estimate of drug-likeness (QED) is 0.915. The van der Waals surface area contributed by atoms with E-state index in [9.17, 15) is 0 Å². The molecule has 0 atom stereocenters. The van der Waals surface area contributed by atoms with E-state index >= 15 is 0 Å². The summed E-state index contributed by atoms with van der Waals surface area (Å²) < 4.78 is 5.47. The Morgan fingerprint density at radius 1 is 1.10 bits per heavy atom. The van der Waals surface area contributed by atoms with E-state index in [0.29, 0.717) is 0 Å². The maximum Gasteiger partial charge on any atom is 0.112 e. The lowest BCUT2D eigenvalue weighted by molar-refractivity contribution is 0.0321. The van der Waals surface area contributed by atoms with Crippen LogP contribution in [0, 0.1) is 0 Å². The summed E-state index contributed by atoms with van der Waals surface area (Å²) in [5, 5.41) is 0. The fourth-order valence-electron chi connectivity index (χ4n) is 3.58. The van der Waals surface area contributed by atoms with Gasteiger partial charge in [0.05, 0.1) is 17.5 Å². The highest BCUT2D eigenvalue weighted by Gasteiger charge is 2.26. The largest absolute Gasteiger partial charge is 0.381 e. The van der Waals surface area contributed by atoms with Crippen molar-refractivity contribution in [2.75, 3.05) is 44.3 Å². The predicted molar refractivity (Wildman–Crippen MR) is 83.7 cm³/mol. The predicted octanol–water partition coefficient (Wildman–Crippen LogP) is 1.86. The average Bonchev–Trinajstić information content (AvgIpc) is 3.04. The number of imidazole rings is 1. The second kappa shape index (κ2) is 5.66. The number of hydrogen-bond acceptors (Lipinski definition) is 4. The van der Waals surface area contributed by atoms with Gasteiger partial charge >= 0.3 is 0 Å². The number of fused-ring (bicyclic) bond motifs is 1. The van der Waals surface area contributed by atoms with Gasteiger partial charge < -0.3 is 14.6 Å². The molecule has 112 valence electrons. The first-order chi connectivity index (χ1) is 10.4. The van der Waals surface area contributed by atoms with E-state index in [2.05, 4.69) is 38.0 Å². The standard InChI is InChI=1S/C16H22N4O/c1-2-14-16(18-12-17-14)15(3-1)20-8-6-19(7-9-20)13-4-10-21-11-5-13/h1-3,12-13H,4-11H2,(H,17,18). The molecule has 3 heterocycles. The average molecular weight is 286 g/mol. The molecule has 0 aliphatic carbocycles. The summed E-state index contributed by atoms with van der Waals surface area (Å²) in [6.45, 7) is 6.32. The van der Waals surface area contributed by atoms with Crippen molar-refractivity contribution in [1.82, 2.24) is 14.9 Å². The number of ether oxygens (including phenoxy) is 1. The number of anilines is 1. The lowest BCUT2D eigenvalue weighted by atomic mass is 10.1. The van der Waals surface area contributed by atoms with Gasteiger partial charge in [0.1, 0.15) is 5.52 Å². The van der Waals surface area contributed by atoms with E-state index in [4.69, 9.17) is 4.74 Å². The zero-order valence-electron chi connectivity index (χ0n) is 12.3. The highest BCUT2D eigenvalue weighted by atomic mass is 16.5. The lowest BCUT2D eigenvalue weighted by Crippen LogP contribution is -2.51. The smallest absolute Gasteiger partial charge is 0.112 e. The van der Waals surface area contributed by atoms with Crippen LogP contribution in [-0.2, 0) is 4.74 Å². The van der Waals surface area contributed by atoms with E-state index in [1.807, 2.05) is 0 Å². The van der Waals surface area contributed by atoms with Crippen molar-refractivity contribution < 1.29 is 4.74 Å². The molecule has 2 aliphatic rings. The highest BCUT2D eigenvalue weighted by molar-refractivity contribution is 5.88. The van der Waals surface area contributed by atoms with Crippen LogP contribution in [0.2, 0.25) is 0 Å². The summed E-state index contributed by atoms with van der Waals surface area (Å²) in [5.74, 6) is 0. The summed E-state index contributed by atoms with van der Waals surface area (Å²) in [5.41, 5.74) is 3.48. The number of nitrogens with one attached hydrogen (secondary N) is 1. The van der Waals surface area contributed by atoms with Crippen LogP contribution in [0.5, 0.6) is 0 Å². The zero-order valence-corrected chi connectivity index (χ0v) is 12.3. The second-order valence-corrected chi connectivity index (χ2v) is 5.94. The van der Waals surface area contributed by atoms with Crippen molar-refractivity contribution in [3.8, 4) is 0 Å². The molecule has 0 unspecified atom stereocenters. The molecule has 21 heavy (non-hydrogen) atoms. The van der Waals surface area contributed by atoms with Crippen LogP contribution >= 0.6 is 0 Å². The molecule has 0 amide bonds. The third kappa shape index (κ3) is 2.51. The second-order valence-electron chi connectivity index (χ2n) is 5.94. The Bertz CT molecular complexity index is 597. The maximum absolute atomic E-state index is 5.47. The first-order valence-corrected chi connectivity index (χ1v) is 7.91. The van der Waals surface area contributed by atoms with Crippen LogP contribution in [0.15, 0.2) is 24.5 Å². The summed E-state index contributed by atoms with van der Waals surface area (Å²) in [4.78, 5) is 12.8. The molecule has 0 bridgehead atoms. The fraction of sp³-hybridized carbons (Fsp3) is 0.562. The Morgan fingerprint density at radius 2 is 1.90 bits per heavy atom. The molecular weight excluding hydrogens is 264 g/mol. The van der Waals surface area contributed by atoms with Crippen LogP contribution in [-0.4, -0.2) is 60.3 Å². The number of rotatable bonds is 2. The molecule has 4 rings (SSSR count). The Hall–Kier alpha value is -1.59. The third-order valence-electron chi connectivity index (χ3n) is 4.79. The first-order valence-electron chi connectivity index (χ1n) is 7.91. The molecule has 1 N–H and O–H groups in total. The van der Waals surface area contributed by atoms with Gasteiger partial charge in [-0.15, -0.1) is 0 Å². The molecule has 0 saturated carbocycles. The normalized spacial score (nSPS) is 22.0. The topological polar surface area (TPSA) is 44.4 Å². The van der Waals surface area contributed by atoms with Gasteiger partial charge in [0.15, 0.2) is 0 Å². The van der Waals surface area contributed by atoms with E-state index in [1.54, 1.807) is 6.33 Å². The summed E-state index contributed by atoms with van der Waals surface area (Å²) >= 11 is 0. The van der Waals surface area contributed by atoms with Crippen LogP contribution in [0.4, 0.5) is 5.69 Å². The molecule has 5 nitrogen and oxygen atoms in total. The molecule has 2 aromatic rings. The minimum Gasteiger partial charge on any atom is -0.381 e. The summed E-state index contributed by atoms with van der Waals surface area (Å²) in [6.07, 6.45) is 4.16. The van der Waals surface area contributed by atoms with Gasteiger partial charge in [-0.05, 0) is 25.0 Å². The molecule has 1 aromatic carbocycles. The first kappa shape index (κ1) is 13.1. The van der Waals surface area contributed by atoms with Crippen LogP contribution in [0.3, 0.4) is 0 Å². The molecule has 0 radical (unpaired) electrons. The molecule has 5 heteroatoms. The maximum atomic E-state index is 5.47. The summed E-state index contributed by atoms with van der Waals surface area (Å²) in [6, 6.07) is 7.11. The molecule has 0 spiro atoms. The van der Waals surface area contributed by atoms with Gasteiger partial charge in [0, 0.05) is 45.4 Å². The Labute approximate surface area is 124 Å². The zero-order chi connectivity index (χ0) is 14.1. The van der Waals surface area contributed by atoms with Crippen molar-refractivity contribution in [3.63, 3.8) is 0 Å². The number of aromatic amines is 1. The van der Waals surface area contributed by atoms with Gasteiger partial charge in [0.25, 0.3) is 0 Å². The van der Waals surface area contributed by atoms with Crippen LogP contribution in [0.25, 0.3) is 11.0 Å². The fourth-order valence-corrected chi connectivity index (χ4v) is 3.58. The van der Waals surface area contributed by atoms with Crippen LogP contribution < -0.4 is 4.90 Å². The van der Waals surface area contributed by atoms with Crippen molar-refractivity contribution in [2.45, 2.75) is 18.9 Å². The molecule has 1 aromatic heterocycles. The van der Waals surface area contributed by atoms with Crippen molar-refractivity contribution in [3.05, 3.63) is 24.5 Å². The Morgan fingerprint density at radius 3 is 2.71 bits per heavy atom. The van der Waals surface area contributed by atoms with E-state index < -0.39 is 0 Å². The van der Waals surface area contributed by atoms with Crippen LogP contribution in [0.1, 0.15) is 12.8 Å². The Kier molecular flexibility index (Phi) is 3.53. The molecule has 2 fully saturated rings. The van der Waals surface area contributed by atoms with E-state index in [-0.39, 0.29) is 0 Å². The number of hydrogen-bond donors (Lipinski definition) is 1. The SMILES string of the molecule is c1cc(N2CCN(C3CCOCC3)CC2)c2nc[nH]c2c1. The third-order valence-corrected chi connectivity index (χ3v) is 4.79. The number of benzene rings is 1. The molecule has 2 aliphatic heterocycles. The van der Waals surface area contributed by atoms with Crippen molar-refractivity contribution in [2.24, 2.45) is 0 Å². The molecule has 2 saturated heterocycles. The van der Waals surface area contributed by atoms with E-state index in [1.165, 1.54) is 18.5 Å². The van der Waals surface area contributed by atoms with Crippen molar-refractivity contribution >= 4 is 16.7 Å². The number of H-pyrrole nitrogens is 1. The number of para-hydroxylation sites is 1. The van der Waals surface area contributed by atoms with Gasteiger partial charge in [-0.25, -0.2) is 4.98 Å². The minimum atomic E-state index is 0.724. The molecular formula is C16H22N4O. The Balaban J connectivity index is 1.46. The minimum absolute atomic E-state index is 0.724. The van der Waals surface area contributed by atoms with Gasteiger partial charge in [-0.2, -0.15) is 0 Å². The van der Waals surface area contributed by atoms with E-state index in [0.717, 1.165) is 56.5 Å². The number of piperazine rings is 1.